The van der Waals surface area contributed by atoms with E-state index in [9.17, 15) is 26.4 Å². The summed E-state index contributed by atoms with van der Waals surface area (Å²) < 4.78 is 60.2. The largest absolute Gasteiger partial charge is 0.490 e. The van der Waals surface area contributed by atoms with E-state index in [-0.39, 0.29) is 16.8 Å². The molecule has 4 rings (SSSR count). The van der Waals surface area contributed by atoms with E-state index in [4.69, 9.17) is 27.2 Å². The Morgan fingerprint density at radius 1 is 1.24 bits per heavy atom. The summed E-state index contributed by atoms with van der Waals surface area (Å²) in [6.07, 6.45) is -4.69. The molecule has 0 aliphatic carbocycles. The number of fused-ring (bicyclic) bond motifs is 1. The normalized spacial score (nSPS) is 16.6. The Kier molecular flexibility index (Phi) is 9.02. The number of nitrogens with two attached hydrogens (primary N) is 1. The van der Waals surface area contributed by atoms with Gasteiger partial charge in [-0.15, -0.1) is 11.3 Å². The van der Waals surface area contributed by atoms with Crippen LogP contribution in [0.5, 0.6) is 0 Å². The average Bonchev–Trinajstić information content (AvgIpc) is 3.45. The molecule has 0 unspecified atom stereocenters. The minimum atomic E-state index is -5.08. The molecular weight excluding hydrogens is 569 g/mol. The van der Waals surface area contributed by atoms with Crippen molar-refractivity contribution in [3.05, 3.63) is 65.2 Å². The maximum atomic E-state index is 13.2. The first-order valence-electron chi connectivity index (χ1n) is 10.8. The van der Waals surface area contributed by atoms with Crippen LogP contribution in [0.4, 0.5) is 13.2 Å². The SMILES string of the molecule is CN([C@H]1CCN(CN=C(N)c2ccccc2)C1=O)S(=O)(=O)c1cc2ccc(Cl)cc2s1.O=C(O)C(F)(F)F. The third-order valence-electron chi connectivity index (χ3n) is 5.52. The highest BCUT2D eigenvalue weighted by Crippen LogP contribution is 2.33. The molecule has 204 valence electrons. The predicted molar refractivity (Wildman–Crippen MR) is 138 cm³/mol. The molecule has 1 aliphatic rings. The number of likely N-dealkylation sites (tertiary alicyclic amines) is 1. The van der Waals surface area contributed by atoms with E-state index in [0.29, 0.717) is 23.8 Å². The molecule has 3 aromatic rings. The smallest absolute Gasteiger partial charge is 0.475 e. The van der Waals surface area contributed by atoms with E-state index >= 15 is 0 Å². The summed E-state index contributed by atoms with van der Waals surface area (Å²) >= 11 is 7.15. The zero-order valence-electron chi connectivity index (χ0n) is 19.7. The molecule has 1 fully saturated rings. The molecule has 0 spiro atoms. The van der Waals surface area contributed by atoms with Crippen LogP contribution in [0.25, 0.3) is 10.1 Å². The summed E-state index contributed by atoms with van der Waals surface area (Å²) in [5.41, 5.74) is 6.78. The number of thiophene rings is 1. The fourth-order valence-electron chi connectivity index (χ4n) is 3.48. The molecule has 1 aliphatic heterocycles. The monoisotopic (exact) mass is 590 g/mol. The van der Waals surface area contributed by atoms with Crippen LogP contribution in [0.1, 0.15) is 12.0 Å². The molecule has 1 amide bonds. The second-order valence-corrected chi connectivity index (χ2v) is 11.8. The van der Waals surface area contributed by atoms with Crippen molar-refractivity contribution in [2.45, 2.75) is 22.8 Å². The van der Waals surface area contributed by atoms with Gasteiger partial charge in [-0.25, -0.2) is 18.2 Å². The van der Waals surface area contributed by atoms with Crippen molar-refractivity contribution in [1.29, 1.82) is 0 Å². The van der Waals surface area contributed by atoms with Gasteiger partial charge >= 0.3 is 12.1 Å². The Hall–Kier alpha value is -3.20. The Labute approximate surface area is 225 Å². The Bertz CT molecular complexity index is 1460. The Morgan fingerprint density at radius 3 is 2.47 bits per heavy atom. The fourth-order valence-corrected chi connectivity index (χ4v) is 6.68. The summed E-state index contributed by atoms with van der Waals surface area (Å²) in [6.45, 7) is 0.502. The van der Waals surface area contributed by atoms with Crippen LogP contribution < -0.4 is 5.73 Å². The van der Waals surface area contributed by atoms with Gasteiger partial charge in [-0.05, 0) is 30.0 Å². The lowest BCUT2D eigenvalue weighted by molar-refractivity contribution is -0.192. The van der Waals surface area contributed by atoms with E-state index in [1.807, 2.05) is 30.3 Å². The van der Waals surface area contributed by atoms with Gasteiger partial charge in [0.1, 0.15) is 22.8 Å². The van der Waals surface area contributed by atoms with Crippen LogP contribution in [0.2, 0.25) is 5.02 Å². The number of nitrogens with zero attached hydrogens (tertiary/aromatic N) is 3. The lowest BCUT2D eigenvalue weighted by Crippen LogP contribution is -2.42. The standard InChI is InChI=1S/C21H21ClN4O3S2.C2HF3O2/c1-25(31(28,29)19-11-15-7-8-16(22)12-18(15)30-19)17-9-10-26(21(17)27)13-24-20(23)14-5-3-2-4-6-14;3-2(4,5)1(6)7/h2-8,11-12,17H,9-10,13H2,1H3,(H2,23,24);(H,6,7)/t17-;/m0./s1. The van der Waals surface area contributed by atoms with Crippen molar-refractivity contribution in [2.24, 2.45) is 10.7 Å². The molecule has 1 saturated heterocycles. The molecule has 3 N–H and O–H groups in total. The number of aliphatic carboxylic acids is 1. The average molecular weight is 591 g/mol. The molecule has 0 radical (unpaired) electrons. The molecule has 1 atom stereocenters. The number of alkyl halides is 3. The van der Waals surface area contributed by atoms with Crippen LogP contribution in [0.15, 0.2) is 63.8 Å². The molecule has 15 heteroatoms. The summed E-state index contributed by atoms with van der Waals surface area (Å²) in [5, 5.41) is 8.47. The summed E-state index contributed by atoms with van der Waals surface area (Å²) in [4.78, 5) is 27.6. The molecule has 2 heterocycles. The van der Waals surface area contributed by atoms with Gasteiger partial charge in [-0.1, -0.05) is 48.0 Å². The number of benzene rings is 2. The number of hydrogen-bond donors (Lipinski definition) is 2. The van der Waals surface area contributed by atoms with Crippen molar-refractivity contribution in [3.63, 3.8) is 0 Å². The molecule has 38 heavy (non-hydrogen) atoms. The van der Waals surface area contributed by atoms with E-state index in [0.717, 1.165) is 31.3 Å². The number of sulfonamides is 1. The second-order valence-electron chi connectivity index (χ2n) is 8.03. The first kappa shape index (κ1) is 29.4. The summed E-state index contributed by atoms with van der Waals surface area (Å²) in [5.74, 6) is -2.70. The topological polar surface area (TPSA) is 133 Å². The molecule has 1 aromatic heterocycles. The van der Waals surface area contributed by atoms with Crippen molar-refractivity contribution in [3.8, 4) is 0 Å². The highest BCUT2D eigenvalue weighted by Gasteiger charge is 2.40. The number of carboxylic acids is 1. The highest BCUT2D eigenvalue weighted by molar-refractivity contribution is 7.91. The summed E-state index contributed by atoms with van der Waals surface area (Å²) in [7, 11) is -2.38. The zero-order chi connectivity index (χ0) is 28.3. The van der Waals surface area contributed by atoms with Crippen molar-refractivity contribution >= 4 is 60.8 Å². The van der Waals surface area contributed by atoms with Crippen LogP contribution in [-0.2, 0) is 19.6 Å². The third kappa shape index (κ3) is 6.81. The number of carbonyl (C=O) groups is 2. The summed E-state index contributed by atoms with van der Waals surface area (Å²) in [6, 6.07) is 15.4. The predicted octanol–water partition coefficient (Wildman–Crippen LogP) is 3.77. The number of likely N-dealkylation sites (N-methyl/N-ethyl adjacent to an activating group) is 1. The van der Waals surface area contributed by atoms with Gasteiger partial charge in [0.25, 0.3) is 10.0 Å². The van der Waals surface area contributed by atoms with Crippen molar-refractivity contribution in [1.82, 2.24) is 9.21 Å². The van der Waals surface area contributed by atoms with E-state index in [2.05, 4.69) is 4.99 Å². The number of amides is 1. The van der Waals surface area contributed by atoms with Gasteiger partial charge in [0.2, 0.25) is 5.91 Å². The van der Waals surface area contributed by atoms with Gasteiger partial charge in [-0.3, -0.25) is 4.79 Å². The quantitative estimate of drug-likeness (QED) is 0.332. The van der Waals surface area contributed by atoms with Crippen LogP contribution in [-0.4, -0.2) is 72.9 Å². The first-order chi connectivity index (χ1) is 17.7. The number of carbonyl (C=O) groups excluding carboxylic acids is 1. The molecule has 0 saturated carbocycles. The number of aliphatic imine (C=N–C) groups is 1. The van der Waals surface area contributed by atoms with Gasteiger partial charge in [0.15, 0.2) is 0 Å². The Morgan fingerprint density at radius 2 is 1.87 bits per heavy atom. The fraction of sp³-hybridized carbons (Fsp3) is 0.261. The number of amidine groups is 1. The first-order valence-corrected chi connectivity index (χ1v) is 13.5. The number of carboxylic acid groups (broad SMARTS) is 1. The molecular formula is C23H22ClF3N4O5S2. The van der Waals surface area contributed by atoms with Gasteiger partial charge in [-0.2, -0.15) is 17.5 Å². The van der Waals surface area contributed by atoms with Gasteiger partial charge in [0, 0.05) is 28.9 Å². The lowest BCUT2D eigenvalue weighted by Gasteiger charge is -2.22. The van der Waals surface area contributed by atoms with E-state index < -0.39 is 28.2 Å². The third-order valence-corrected chi connectivity index (χ3v) is 9.17. The van der Waals surface area contributed by atoms with Crippen LogP contribution >= 0.6 is 22.9 Å². The second kappa shape index (κ2) is 11.7. The Balaban J connectivity index is 0.000000505. The lowest BCUT2D eigenvalue weighted by atomic mass is 10.2. The van der Waals surface area contributed by atoms with Gasteiger partial charge in [0.05, 0.1) is 0 Å². The number of rotatable bonds is 6. The maximum absolute atomic E-state index is 13.2. The highest BCUT2D eigenvalue weighted by atomic mass is 35.5. The van der Waals surface area contributed by atoms with Crippen molar-refractivity contribution < 1.29 is 36.3 Å². The zero-order valence-corrected chi connectivity index (χ0v) is 22.1. The van der Waals surface area contributed by atoms with Crippen molar-refractivity contribution in [2.75, 3.05) is 20.3 Å². The number of halogens is 4. The maximum Gasteiger partial charge on any atom is 0.490 e. The van der Waals surface area contributed by atoms with E-state index in [1.54, 1.807) is 24.3 Å². The minimum absolute atomic E-state index is 0.0886. The van der Waals surface area contributed by atoms with Gasteiger partial charge < -0.3 is 15.7 Å². The minimum Gasteiger partial charge on any atom is -0.475 e. The molecule has 2 aromatic carbocycles. The van der Waals surface area contributed by atoms with Crippen LogP contribution in [0.3, 0.4) is 0 Å². The number of hydrogen-bond acceptors (Lipinski definition) is 6. The molecule has 0 bridgehead atoms. The van der Waals surface area contributed by atoms with Crippen LogP contribution in [0, 0.1) is 0 Å². The molecule has 9 nitrogen and oxygen atoms in total. The van der Waals surface area contributed by atoms with E-state index in [1.165, 1.54) is 11.9 Å².